The molecule has 6 rings (SSSR count). The summed E-state index contributed by atoms with van der Waals surface area (Å²) in [5.74, 6) is 0. The van der Waals surface area contributed by atoms with Crippen LogP contribution in [0.15, 0.2) is 152 Å². The summed E-state index contributed by atoms with van der Waals surface area (Å²) >= 11 is 0. The smallest absolute Gasteiger partial charge is 0.184 e. The second kappa shape index (κ2) is 18.5. The van der Waals surface area contributed by atoms with E-state index in [9.17, 15) is 5.11 Å². The van der Waals surface area contributed by atoms with Gasteiger partial charge in [0.05, 0.1) is 39.6 Å². The summed E-state index contributed by atoms with van der Waals surface area (Å²) in [6.07, 6.45) is -4.93. The number of ether oxygens (including phenoxy) is 6. The van der Waals surface area contributed by atoms with Crippen molar-refractivity contribution in [1.29, 1.82) is 0 Å². The largest absolute Gasteiger partial charge is 0.374 e. The summed E-state index contributed by atoms with van der Waals surface area (Å²) in [5, 5.41) is 11.6. The number of hydrogen-bond acceptors (Lipinski definition) is 7. The predicted octanol–water partition coefficient (Wildman–Crippen LogP) is 7.26. The Morgan fingerprint density at radius 2 is 0.816 bits per heavy atom. The predicted molar refractivity (Wildman–Crippen MR) is 187 cm³/mol. The van der Waals surface area contributed by atoms with E-state index in [-0.39, 0.29) is 13.2 Å². The summed E-state index contributed by atoms with van der Waals surface area (Å²) in [7, 11) is 0. The van der Waals surface area contributed by atoms with E-state index >= 15 is 0 Å². The van der Waals surface area contributed by atoms with Crippen molar-refractivity contribution in [3.63, 3.8) is 0 Å². The maximum atomic E-state index is 11.6. The van der Waals surface area contributed by atoms with Gasteiger partial charge in [-0.3, -0.25) is 0 Å². The van der Waals surface area contributed by atoms with Crippen LogP contribution in [0.2, 0.25) is 0 Å². The molecular weight excluding hydrogens is 616 g/mol. The van der Waals surface area contributed by atoms with E-state index in [2.05, 4.69) is 0 Å². The van der Waals surface area contributed by atoms with Crippen molar-refractivity contribution < 1.29 is 33.5 Å². The Balaban J connectivity index is 1.30. The lowest BCUT2D eigenvalue weighted by molar-refractivity contribution is -0.329. The minimum Gasteiger partial charge on any atom is -0.374 e. The number of hydrogen-bond donors (Lipinski definition) is 1. The molecule has 0 spiro atoms. The molecule has 1 aliphatic heterocycles. The molecule has 1 heterocycles. The maximum Gasteiger partial charge on any atom is 0.184 e. The van der Waals surface area contributed by atoms with Gasteiger partial charge in [0.25, 0.3) is 0 Å². The number of aliphatic hydroxyl groups is 1. The molecule has 0 aromatic heterocycles. The van der Waals surface area contributed by atoms with Crippen LogP contribution >= 0.6 is 0 Å². The van der Waals surface area contributed by atoms with Crippen LogP contribution < -0.4 is 0 Å². The Morgan fingerprint density at radius 3 is 1.27 bits per heavy atom. The van der Waals surface area contributed by atoms with E-state index in [1.54, 1.807) is 0 Å². The average Bonchev–Trinajstić information content (AvgIpc) is 3.16. The molecule has 0 radical (unpaired) electrons. The van der Waals surface area contributed by atoms with Crippen molar-refractivity contribution in [1.82, 2.24) is 0 Å². The van der Waals surface area contributed by atoms with E-state index in [0.717, 1.165) is 27.8 Å². The monoisotopic (exact) mass is 660 g/mol. The minimum atomic E-state index is -1.32. The third-order valence-electron chi connectivity index (χ3n) is 8.47. The third kappa shape index (κ3) is 10.4. The quantitative estimate of drug-likeness (QED) is 0.113. The molecule has 254 valence electrons. The Labute approximate surface area is 289 Å². The van der Waals surface area contributed by atoms with Gasteiger partial charge in [-0.15, -0.1) is 0 Å². The van der Waals surface area contributed by atoms with E-state index in [4.69, 9.17) is 28.4 Å². The van der Waals surface area contributed by atoms with Gasteiger partial charge in [-0.1, -0.05) is 152 Å². The van der Waals surface area contributed by atoms with E-state index in [0.29, 0.717) is 26.4 Å². The standard InChI is InChI=1S/C42H44O7/c43-42-41(48-30-36-24-14-5-15-25-36)40(47-29-35-22-12-4-13-23-35)39(46-28-34-20-10-3-11-21-34)38(49-42)37(45-27-33-18-8-2-9-19-33)31-44-26-32-16-6-1-7-17-32/h1-25,37-43H,26-31H2/t37-,38-,39-,40+,41+,42?/m1/s1. The maximum absolute atomic E-state index is 11.6. The molecule has 1 aliphatic rings. The van der Waals surface area contributed by atoms with Crippen molar-refractivity contribution in [3.05, 3.63) is 179 Å². The molecular formula is C42H44O7. The fourth-order valence-electron chi connectivity index (χ4n) is 5.89. The molecule has 1 N–H and O–H groups in total. The zero-order chi connectivity index (χ0) is 33.5. The highest BCUT2D eigenvalue weighted by Gasteiger charge is 2.51. The van der Waals surface area contributed by atoms with Gasteiger partial charge in [-0.05, 0) is 27.8 Å². The second-order valence-corrected chi connectivity index (χ2v) is 12.1. The Hall–Kier alpha value is -4.18. The zero-order valence-electron chi connectivity index (χ0n) is 27.5. The van der Waals surface area contributed by atoms with Crippen molar-refractivity contribution >= 4 is 0 Å². The molecule has 1 unspecified atom stereocenters. The summed E-state index contributed by atoms with van der Waals surface area (Å²) in [4.78, 5) is 0. The van der Waals surface area contributed by atoms with Gasteiger partial charge in [0, 0.05) is 0 Å². The molecule has 0 aliphatic carbocycles. The Kier molecular flexibility index (Phi) is 13.1. The lowest BCUT2D eigenvalue weighted by Crippen LogP contribution is -2.63. The van der Waals surface area contributed by atoms with Crippen LogP contribution in [0.3, 0.4) is 0 Å². The van der Waals surface area contributed by atoms with Gasteiger partial charge in [-0.2, -0.15) is 0 Å². The van der Waals surface area contributed by atoms with Crippen LogP contribution in [-0.2, 0) is 61.5 Å². The minimum absolute atomic E-state index is 0.200. The van der Waals surface area contributed by atoms with Crippen LogP contribution in [0, 0.1) is 0 Å². The molecule has 5 aromatic rings. The lowest BCUT2D eigenvalue weighted by atomic mass is 9.94. The van der Waals surface area contributed by atoms with Crippen LogP contribution in [0.25, 0.3) is 0 Å². The molecule has 1 saturated heterocycles. The Bertz CT molecular complexity index is 1610. The van der Waals surface area contributed by atoms with Gasteiger partial charge in [0.2, 0.25) is 0 Å². The highest BCUT2D eigenvalue weighted by atomic mass is 16.7. The fraction of sp³-hybridized carbons (Fsp3) is 0.286. The number of rotatable bonds is 17. The zero-order valence-corrected chi connectivity index (χ0v) is 27.5. The fourth-order valence-corrected chi connectivity index (χ4v) is 5.89. The van der Waals surface area contributed by atoms with Crippen molar-refractivity contribution in [3.8, 4) is 0 Å². The first kappa shape index (κ1) is 34.7. The van der Waals surface area contributed by atoms with Crippen molar-refractivity contribution in [2.75, 3.05) is 6.61 Å². The molecule has 0 amide bonds. The van der Waals surface area contributed by atoms with E-state index < -0.39 is 36.8 Å². The topological polar surface area (TPSA) is 75.6 Å². The molecule has 0 saturated carbocycles. The summed E-state index contributed by atoms with van der Waals surface area (Å²) in [6.45, 7) is 1.78. The van der Waals surface area contributed by atoms with Crippen molar-refractivity contribution in [2.45, 2.75) is 69.8 Å². The van der Waals surface area contributed by atoms with Crippen molar-refractivity contribution in [2.24, 2.45) is 0 Å². The second-order valence-electron chi connectivity index (χ2n) is 12.1. The molecule has 7 heteroatoms. The first-order valence-electron chi connectivity index (χ1n) is 16.8. The van der Waals surface area contributed by atoms with E-state index in [1.165, 1.54) is 0 Å². The van der Waals surface area contributed by atoms with E-state index in [1.807, 2.05) is 152 Å². The van der Waals surface area contributed by atoms with Gasteiger partial charge in [-0.25, -0.2) is 0 Å². The number of benzene rings is 5. The van der Waals surface area contributed by atoms with Crippen LogP contribution in [0.5, 0.6) is 0 Å². The highest BCUT2D eigenvalue weighted by molar-refractivity contribution is 5.17. The molecule has 1 fully saturated rings. The number of aliphatic hydroxyl groups excluding tert-OH is 1. The molecule has 0 bridgehead atoms. The molecule has 7 nitrogen and oxygen atoms in total. The first-order valence-corrected chi connectivity index (χ1v) is 16.8. The van der Waals surface area contributed by atoms with Gasteiger partial charge in [0.15, 0.2) is 6.29 Å². The van der Waals surface area contributed by atoms with Gasteiger partial charge < -0.3 is 33.5 Å². The normalized spacial score (nSPS) is 21.3. The van der Waals surface area contributed by atoms with Gasteiger partial charge in [0.1, 0.15) is 30.5 Å². The molecule has 49 heavy (non-hydrogen) atoms. The molecule has 6 atom stereocenters. The highest BCUT2D eigenvalue weighted by Crippen LogP contribution is 2.32. The van der Waals surface area contributed by atoms with Crippen LogP contribution in [-0.4, -0.2) is 48.5 Å². The first-order chi connectivity index (χ1) is 24.2. The van der Waals surface area contributed by atoms with Crippen LogP contribution in [0.4, 0.5) is 0 Å². The summed E-state index contributed by atoms with van der Waals surface area (Å²) < 4.78 is 39.1. The summed E-state index contributed by atoms with van der Waals surface area (Å²) in [5.41, 5.74) is 5.02. The van der Waals surface area contributed by atoms with Gasteiger partial charge >= 0.3 is 0 Å². The lowest BCUT2D eigenvalue weighted by Gasteiger charge is -2.46. The molecule has 5 aromatic carbocycles. The van der Waals surface area contributed by atoms with Crippen LogP contribution in [0.1, 0.15) is 27.8 Å². The summed E-state index contributed by atoms with van der Waals surface area (Å²) in [6, 6.07) is 49.7. The third-order valence-corrected chi connectivity index (χ3v) is 8.47. The Morgan fingerprint density at radius 1 is 0.449 bits per heavy atom. The SMILES string of the molecule is OC1O[C@H]([C@@H](COCc2ccccc2)OCc2ccccc2)[C@@H](OCc2ccccc2)[C@H](OCc2ccccc2)[C@@H]1OCc1ccccc1. The average molecular weight is 661 g/mol.